The fraction of sp³-hybridized carbons (Fsp3) is 0.700. The first-order valence-corrected chi connectivity index (χ1v) is 6.05. The third kappa shape index (κ3) is 3.24. The second kappa shape index (κ2) is 5.03. The lowest BCUT2D eigenvalue weighted by atomic mass is 9.94. The summed E-state index contributed by atoms with van der Waals surface area (Å²) in [6.07, 6.45) is 3.30. The van der Waals surface area contributed by atoms with Crippen LogP contribution in [0.2, 0.25) is 0 Å². The van der Waals surface area contributed by atoms with Gasteiger partial charge in [0.1, 0.15) is 0 Å². The van der Waals surface area contributed by atoms with Gasteiger partial charge in [-0.05, 0) is 0 Å². The van der Waals surface area contributed by atoms with E-state index in [9.17, 15) is 5.11 Å². The molecule has 2 N–H and O–H groups in total. The summed E-state index contributed by atoms with van der Waals surface area (Å²) in [6, 6.07) is 0. The van der Waals surface area contributed by atoms with Crippen LogP contribution in [0.5, 0.6) is 0 Å². The van der Waals surface area contributed by atoms with Crippen LogP contribution in [-0.2, 0) is 11.3 Å². The summed E-state index contributed by atoms with van der Waals surface area (Å²) in [5.41, 5.74) is 1.24. The molecule has 0 aliphatic carbocycles. The van der Waals surface area contributed by atoms with Crippen molar-refractivity contribution in [2.45, 2.75) is 25.0 Å². The highest BCUT2D eigenvalue weighted by Crippen LogP contribution is 2.19. The Bertz CT molecular complexity index is 284. The quantitative estimate of drug-likeness (QED) is 0.799. The summed E-state index contributed by atoms with van der Waals surface area (Å²) in [6.45, 7) is 2.75. The molecule has 0 aromatic carbocycles. The standard InChI is InChI=1S/C10H16N2O2S/c13-10(1-3-14-4-2-10)7-11-5-9-6-12-8-15-9/h6,8,11,13H,1-5,7H2. The molecule has 0 radical (unpaired) electrons. The summed E-state index contributed by atoms with van der Waals surface area (Å²) in [5, 5.41) is 13.4. The fourth-order valence-electron chi connectivity index (χ4n) is 1.68. The van der Waals surface area contributed by atoms with Crippen molar-refractivity contribution < 1.29 is 9.84 Å². The number of hydrogen-bond donors (Lipinski definition) is 2. The molecule has 0 bridgehead atoms. The van der Waals surface area contributed by atoms with Crippen LogP contribution in [0.25, 0.3) is 0 Å². The van der Waals surface area contributed by atoms with E-state index < -0.39 is 5.60 Å². The van der Waals surface area contributed by atoms with Crippen LogP contribution < -0.4 is 5.32 Å². The molecule has 1 aromatic heterocycles. The average molecular weight is 228 g/mol. The molecule has 1 aromatic rings. The van der Waals surface area contributed by atoms with Gasteiger partial charge in [-0.1, -0.05) is 0 Å². The van der Waals surface area contributed by atoms with Gasteiger partial charge in [0.25, 0.3) is 0 Å². The summed E-state index contributed by atoms with van der Waals surface area (Å²) in [7, 11) is 0. The minimum absolute atomic E-state index is 0.580. The monoisotopic (exact) mass is 228 g/mol. The number of nitrogens with zero attached hydrogens (tertiary/aromatic N) is 1. The maximum atomic E-state index is 10.1. The van der Waals surface area contributed by atoms with Crippen LogP contribution in [0.1, 0.15) is 17.7 Å². The van der Waals surface area contributed by atoms with E-state index >= 15 is 0 Å². The summed E-state index contributed by atoms with van der Waals surface area (Å²) < 4.78 is 5.22. The zero-order chi connectivity index (χ0) is 10.6. The van der Waals surface area contributed by atoms with E-state index in [-0.39, 0.29) is 0 Å². The normalized spacial score (nSPS) is 20.3. The highest BCUT2D eigenvalue weighted by Gasteiger charge is 2.28. The fourth-order valence-corrected chi connectivity index (χ4v) is 2.24. The Kier molecular flexibility index (Phi) is 3.69. The molecule has 1 saturated heterocycles. The van der Waals surface area contributed by atoms with Crippen LogP contribution in [0.3, 0.4) is 0 Å². The molecule has 2 heterocycles. The lowest BCUT2D eigenvalue weighted by Gasteiger charge is -2.32. The molecule has 0 spiro atoms. The number of aromatic nitrogens is 1. The number of hydrogen-bond acceptors (Lipinski definition) is 5. The van der Waals surface area contributed by atoms with Gasteiger partial charge in [-0.25, -0.2) is 0 Å². The number of thiazole rings is 1. The van der Waals surface area contributed by atoms with Gasteiger partial charge in [0, 0.05) is 50.2 Å². The van der Waals surface area contributed by atoms with Gasteiger partial charge in [-0.3, -0.25) is 4.98 Å². The molecule has 4 nitrogen and oxygen atoms in total. The minimum atomic E-state index is -0.580. The van der Waals surface area contributed by atoms with Gasteiger partial charge >= 0.3 is 0 Å². The minimum Gasteiger partial charge on any atom is -0.388 e. The molecular weight excluding hydrogens is 212 g/mol. The molecule has 0 saturated carbocycles. The van der Waals surface area contributed by atoms with Crippen LogP contribution in [-0.4, -0.2) is 35.5 Å². The molecule has 0 atom stereocenters. The highest BCUT2D eigenvalue weighted by molar-refractivity contribution is 7.09. The summed E-state index contributed by atoms with van der Waals surface area (Å²) in [4.78, 5) is 5.20. The van der Waals surface area contributed by atoms with Gasteiger partial charge in [0.15, 0.2) is 0 Å². The molecule has 0 unspecified atom stereocenters. The Hall–Kier alpha value is -0.490. The maximum Gasteiger partial charge on any atom is 0.0815 e. The number of nitrogens with one attached hydrogen (secondary N) is 1. The predicted molar refractivity (Wildman–Crippen MR) is 58.8 cm³/mol. The second-order valence-electron chi connectivity index (χ2n) is 3.91. The average Bonchev–Trinajstić information content (AvgIpc) is 2.71. The lowest BCUT2D eigenvalue weighted by molar-refractivity contribution is -0.0616. The van der Waals surface area contributed by atoms with Crippen molar-refractivity contribution in [1.82, 2.24) is 10.3 Å². The van der Waals surface area contributed by atoms with Gasteiger partial charge in [-0.2, -0.15) is 0 Å². The van der Waals surface area contributed by atoms with Crippen molar-refractivity contribution in [3.8, 4) is 0 Å². The molecule has 2 rings (SSSR count). The van der Waals surface area contributed by atoms with E-state index in [4.69, 9.17) is 4.74 Å². The smallest absolute Gasteiger partial charge is 0.0815 e. The number of ether oxygens (including phenoxy) is 1. The summed E-state index contributed by atoms with van der Waals surface area (Å²) in [5.74, 6) is 0. The van der Waals surface area contributed by atoms with E-state index in [1.807, 2.05) is 11.7 Å². The zero-order valence-corrected chi connectivity index (χ0v) is 9.42. The van der Waals surface area contributed by atoms with Crippen LogP contribution in [0.4, 0.5) is 0 Å². The van der Waals surface area contributed by atoms with Gasteiger partial charge in [0.2, 0.25) is 0 Å². The maximum absolute atomic E-state index is 10.1. The Morgan fingerprint density at radius 1 is 1.53 bits per heavy atom. The lowest BCUT2D eigenvalue weighted by Crippen LogP contribution is -2.44. The van der Waals surface area contributed by atoms with Crippen LogP contribution >= 0.6 is 11.3 Å². The van der Waals surface area contributed by atoms with Crippen LogP contribution in [0, 0.1) is 0 Å². The highest BCUT2D eigenvalue weighted by atomic mass is 32.1. The van der Waals surface area contributed by atoms with Crippen molar-refractivity contribution in [2.75, 3.05) is 19.8 Å². The van der Waals surface area contributed by atoms with Gasteiger partial charge in [0.05, 0.1) is 11.1 Å². The van der Waals surface area contributed by atoms with E-state index in [0.717, 1.165) is 19.4 Å². The third-order valence-electron chi connectivity index (χ3n) is 2.66. The van der Waals surface area contributed by atoms with E-state index in [2.05, 4.69) is 10.3 Å². The van der Waals surface area contributed by atoms with Crippen molar-refractivity contribution in [3.63, 3.8) is 0 Å². The first kappa shape index (κ1) is 11.0. The van der Waals surface area contributed by atoms with Crippen LogP contribution in [0.15, 0.2) is 11.7 Å². The Morgan fingerprint density at radius 3 is 3.00 bits per heavy atom. The molecule has 15 heavy (non-hydrogen) atoms. The molecule has 1 fully saturated rings. The third-order valence-corrected chi connectivity index (χ3v) is 3.44. The Morgan fingerprint density at radius 2 is 2.33 bits per heavy atom. The van der Waals surface area contributed by atoms with Gasteiger partial charge < -0.3 is 15.2 Å². The van der Waals surface area contributed by atoms with Crippen molar-refractivity contribution in [1.29, 1.82) is 0 Å². The molecular formula is C10H16N2O2S. The molecule has 1 aliphatic heterocycles. The van der Waals surface area contributed by atoms with Crippen molar-refractivity contribution in [2.24, 2.45) is 0 Å². The first-order valence-electron chi connectivity index (χ1n) is 5.17. The molecule has 1 aliphatic rings. The predicted octanol–water partition coefficient (Wildman–Crippen LogP) is 0.774. The SMILES string of the molecule is OC1(CNCc2cncs2)CCOCC1. The van der Waals surface area contributed by atoms with Crippen molar-refractivity contribution >= 4 is 11.3 Å². The van der Waals surface area contributed by atoms with Crippen molar-refractivity contribution in [3.05, 3.63) is 16.6 Å². The Labute approximate surface area is 93.3 Å². The molecule has 5 heteroatoms. The van der Waals surface area contributed by atoms with E-state index in [1.54, 1.807) is 11.3 Å². The number of rotatable bonds is 4. The van der Waals surface area contributed by atoms with Gasteiger partial charge in [-0.15, -0.1) is 11.3 Å². The van der Waals surface area contributed by atoms with E-state index in [1.165, 1.54) is 4.88 Å². The first-order chi connectivity index (χ1) is 7.29. The van der Waals surface area contributed by atoms with E-state index in [0.29, 0.717) is 19.8 Å². The Balaban J connectivity index is 1.72. The topological polar surface area (TPSA) is 54.4 Å². The number of aliphatic hydroxyl groups is 1. The molecule has 0 amide bonds. The zero-order valence-electron chi connectivity index (χ0n) is 8.61. The second-order valence-corrected chi connectivity index (χ2v) is 4.88. The summed E-state index contributed by atoms with van der Waals surface area (Å²) >= 11 is 1.63. The molecule has 84 valence electrons. The largest absolute Gasteiger partial charge is 0.388 e.